The first-order valence-corrected chi connectivity index (χ1v) is 35.0. The van der Waals surface area contributed by atoms with Crippen molar-refractivity contribution in [3.8, 4) is 0 Å². The molecule has 0 aliphatic carbocycles. The fourth-order valence-electron chi connectivity index (χ4n) is 11.4. The molecule has 9 N–H and O–H groups in total. The van der Waals surface area contributed by atoms with Gasteiger partial charge in [-0.15, -0.1) is 0 Å². The molecule has 1 amide bonds. The van der Waals surface area contributed by atoms with E-state index in [4.69, 9.17) is 18.9 Å². The molecule has 2 aliphatic heterocycles. The number of nitrogens with one attached hydrogen (secondary N) is 1. The Bertz CT molecular complexity index is 1660. The van der Waals surface area contributed by atoms with E-state index in [1.54, 1.807) is 0 Å². The summed E-state index contributed by atoms with van der Waals surface area (Å²) in [7, 11) is 0. The molecule has 2 fully saturated rings. The summed E-state index contributed by atoms with van der Waals surface area (Å²) in [6.07, 6.45) is 56.6. The molecule has 2 heterocycles. The number of hydrogen-bond acceptors (Lipinski definition) is 13. The van der Waals surface area contributed by atoms with Crippen molar-refractivity contribution >= 4 is 5.91 Å². The highest BCUT2D eigenvalue weighted by Gasteiger charge is 2.51. The summed E-state index contributed by atoms with van der Waals surface area (Å²) in [6.45, 7) is 2.77. The second kappa shape index (κ2) is 55.7. The third kappa shape index (κ3) is 40.1. The zero-order valence-electron chi connectivity index (χ0n) is 53.8. The Labute approximate surface area is 517 Å². The van der Waals surface area contributed by atoms with Crippen molar-refractivity contribution in [2.75, 3.05) is 19.8 Å². The van der Waals surface area contributed by atoms with Crippen LogP contribution in [0.2, 0.25) is 0 Å². The van der Waals surface area contributed by atoms with Crippen LogP contribution in [0.1, 0.15) is 290 Å². The van der Waals surface area contributed by atoms with Gasteiger partial charge in [0.05, 0.1) is 32.0 Å². The largest absolute Gasteiger partial charge is 0.394 e. The molecule has 2 saturated heterocycles. The van der Waals surface area contributed by atoms with Gasteiger partial charge in [0, 0.05) is 6.42 Å². The molecule has 0 aromatic carbocycles. The lowest BCUT2D eigenvalue weighted by atomic mass is 9.97. The second-order valence-electron chi connectivity index (χ2n) is 24.6. The van der Waals surface area contributed by atoms with Crippen molar-refractivity contribution in [3.05, 3.63) is 60.8 Å². The van der Waals surface area contributed by atoms with E-state index in [1.807, 2.05) is 0 Å². The van der Waals surface area contributed by atoms with Gasteiger partial charge in [0.2, 0.25) is 5.91 Å². The quantitative estimate of drug-likeness (QED) is 0.0204. The lowest BCUT2D eigenvalue weighted by molar-refractivity contribution is -0.359. The number of carbonyl (C=O) groups is 1. The number of rotatable bonds is 57. The summed E-state index contributed by atoms with van der Waals surface area (Å²) < 4.78 is 22.9. The van der Waals surface area contributed by atoms with Crippen LogP contribution in [0, 0.1) is 0 Å². The summed E-state index contributed by atoms with van der Waals surface area (Å²) in [4.78, 5) is 13.3. The molecule has 2 rings (SSSR count). The van der Waals surface area contributed by atoms with Crippen LogP contribution in [-0.2, 0) is 23.7 Å². The molecule has 0 aromatic rings. The monoisotopic (exact) mass is 1200 g/mol. The average molecular weight is 1200 g/mol. The van der Waals surface area contributed by atoms with Crippen molar-refractivity contribution in [2.45, 2.75) is 364 Å². The summed E-state index contributed by atoms with van der Waals surface area (Å²) in [5.41, 5.74) is 0. The number of ether oxygens (including phenoxy) is 4. The van der Waals surface area contributed by atoms with Crippen LogP contribution >= 0.6 is 0 Å². The van der Waals surface area contributed by atoms with E-state index < -0.39 is 86.8 Å². The van der Waals surface area contributed by atoms with Crippen LogP contribution in [0.15, 0.2) is 60.8 Å². The Morgan fingerprint density at radius 1 is 0.435 bits per heavy atom. The summed E-state index contributed by atoms with van der Waals surface area (Å²) in [5.74, 6) is -0.216. The fraction of sp³-hybridized carbons (Fsp3) is 0.845. The van der Waals surface area contributed by atoms with Gasteiger partial charge >= 0.3 is 0 Å². The third-order valence-electron chi connectivity index (χ3n) is 17.0. The number of allylic oxidation sites excluding steroid dienone is 10. The smallest absolute Gasteiger partial charge is 0.220 e. The zero-order valence-corrected chi connectivity index (χ0v) is 53.8. The van der Waals surface area contributed by atoms with Crippen LogP contribution in [0.25, 0.3) is 0 Å². The van der Waals surface area contributed by atoms with Gasteiger partial charge in [-0.25, -0.2) is 0 Å². The first-order chi connectivity index (χ1) is 41.6. The van der Waals surface area contributed by atoms with Crippen LogP contribution in [0.4, 0.5) is 0 Å². The summed E-state index contributed by atoms with van der Waals surface area (Å²) in [5, 5.41) is 87.6. The Kier molecular flexibility index (Phi) is 51.7. The Morgan fingerprint density at radius 3 is 1.25 bits per heavy atom. The van der Waals surface area contributed by atoms with Crippen LogP contribution in [0.3, 0.4) is 0 Å². The molecular formula is C71H129NO13. The van der Waals surface area contributed by atoms with Crippen LogP contribution in [0.5, 0.6) is 0 Å². The molecule has 0 aromatic heterocycles. The molecule has 496 valence electrons. The van der Waals surface area contributed by atoms with Crippen molar-refractivity contribution < 1.29 is 64.6 Å². The maximum Gasteiger partial charge on any atom is 0.220 e. The average Bonchev–Trinajstić information content (AvgIpc) is 3.68. The van der Waals surface area contributed by atoms with Crippen LogP contribution < -0.4 is 5.32 Å². The van der Waals surface area contributed by atoms with Gasteiger partial charge < -0.3 is 65.1 Å². The Hall–Kier alpha value is -2.31. The first-order valence-electron chi connectivity index (χ1n) is 35.0. The van der Waals surface area contributed by atoms with Crippen molar-refractivity contribution in [3.63, 3.8) is 0 Å². The summed E-state index contributed by atoms with van der Waals surface area (Å²) >= 11 is 0. The number of unbranched alkanes of at least 4 members (excludes halogenated alkanes) is 34. The molecule has 12 unspecified atom stereocenters. The minimum atomic E-state index is -1.79. The van der Waals surface area contributed by atoms with E-state index in [0.29, 0.717) is 12.8 Å². The SMILES string of the molecule is CC/C=C\C/C=C\C/C=C\C/C=C\C/C=C\CCCCCCCCCC(=O)NC(COC1OC(CO)C(OC2OC(CO)C(O)C(O)C2O)C(O)C1O)C(O)CCCCCCCCCCCCCCCCCCCCCCCCCCCCCC. The molecule has 85 heavy (non-hydrogen) atoms. The highest BCUT2D eigenvalue weighted by molar-refractivity contribution is 5.76. The number of aliphatic hydroxyl groups excluding tert-OH is 8. The number of aliphatic hydroxyl groups is 8. The Morgan fingerprint density at radius 2 is 0.812 bits per heavy atom. The third-order valence-corrected chi connectivity index (χ3v) is 17.0. The minimum Gasteiger partial charge on any atom is -0.394 e. The number of hydrogen-bond donors (Lipinski definition) is 9. The van der Waals surface area contributed by atoms with E-state index in [2.05, 4.69) is 79.9 Å². The second-order valence-corrected chi connectivity index (χ2v) is 24.6. The predicted octanol–water partition coefficient (Wildman–Crippen LogP) is 14.1. The first kappa shape index (κ1) is 78.8. The van der Waals surface area contributed by atoms with Gasteiger partial charge in [-0.2, -0.15) is 0 Å². The highest BCUT2D eigenvalue weighted by atomic mass is 16.7. The topological polar surface area (TPSA) is 228 Å². The van der Waals surface area contributed by atoms with Gasteiger partial charge in [-0.05, 0) is 57.8 Å². The molecule has 0 spiro atoms. The van der Waals surface area contributed by atoms with Gasteiger partial charge in [-0.3, -0.25) is 4.79 Å². The van der Waals surface area contributed by atoms with Crippen LogP contribution in [-0.4, -0.2) is 140 Å². The van der Waals surface area contributed by atoms with Crippen molar-refractivity contribution in [1.29, 1.82) is 0 Å². The molecule has 12 atom stereocenters. The maximum atomic E-state index is 13.3. The molecule has 0 bridgehead atoms. The Balaban J connectivity index is 1.68. The molecule has 2 aliphatic rings. The van der Waals surface area contributed by atoms with Gasteiger partial charge in [0.15, 0.2) is 12.6 Å². The molecule has 0 radical (unpaired) electrons. The fourth-order valence-corrected chi connectivity index (χ4v) is 11.4. The van der Waals surface area contributed by atoms with E-state index in [1.165, 1.54) is 161 Å². The van der Waals surface area contributed by atoms with Crippen molar-refractivity contribution in [2.24, 2.45) is 0 Å². The summed E-state index contributed by atoms with van der Waals surface area (Å²) in [6, 6.07) is -0.840. The van der Waals surface area contributed by atoms with E-state index in [9.17, 15) is 45.6 Å². The van der Waals surface area contributed by atoms with Crippen molar-refractivity contribution in [1.82, 2.24) is 5.32 Å². The molecular weight excluding hydrogens is 1070 g/mol. The molecule has 14 nitrogen and oxygen atoms in total. The number of amides is 1. The minimum absolute atomic E-state index is 0.216. The van der Waals surface area contributed by atoms with E-state index in [-0.39, 0.29) is 18.9 Å². The van der Waals surface area contributed by atoms with Gasteiger partial charge in [-0.1, -0.05) is 286 Å². The normalized spacial score (nSPS) is 23.9. The number of carbonyl (C=O) groups excluding carboxylic acids is 1. The van der Waals surface area contributed by atoms with Gasteiger partial charge in [0.1, 0.15) is 48.8 Å². The predicted molar refractivity (Wildman–Crippen MR) is 346 cm³/mol. The lowest BCUT2D eigenvalue weighted by Gasteiger charge is -2.46. The molecule has 14 heteroatoms. The van der Waals surface area contributed by atoms with E-state index >= 15 is 0 Å². The highest BCUT2D eigenvalue weighted by Crippen LogP contribution is 2.30. The molecule has 0 saturated carbocycles. The standard InChI is InChI=1S/C71H129NO13/c1-3-5-7-9-11-13-15-17-19-21-23-25-27-28-29-30-31-33-34-36-38-40-42-44-46-48-50-52-54-60(75)59(58-82-70-68(81)66(79)69(62(57-74)84-70)85-71-67(80)65(78)64(77)61(56-73)83-71)72-63(76)55-53-51-49-47-45-43-41-39-37-35-32-26-24-22-20-18-16-14-12-10-8-6-4-2/h6,8,12,14,18,20,24,26,35,37,59-62,64-71,73-75,77-81H,3-5,7,9-11,13,15-17,19,21-23,25,27-34,36,38-58H2,1-2H3,(H,72,76)/b8-6-,14-12-,20-18-,26-24-,37-35-. The van der Waals surface area contributed by atoms with E-state index in [0.717, 1.165) is 96.3 Å². The maximum absolute atomic E-state index is 13.3. The zero-order chi connectivity index (χ0) is 61.6. The lowest BCUT2D eigenvalue weighted by Crippen LogP contribution is -2.65. The van der Waals surface area contributed by atoms with Gasteiger partial charge in [0.25, 0.3) is 0 Å².